The van der Waals surface area contributed by atoms with Gasteiger partial charge in [0.15, 0.2) is 0 Å². The molecule has 3 nitrogen and oxygen atoms in total. The molecular formula is C9H19N3. The molecule has 0 bridgehead atoms. The molecule has 0 amide bonds. The summed E-state index contributed by atoms with van der Waals surface area (Å²) in [5, 5.41) is 7.14. The third kappa shape index (κ3) is 2.21. The lowest BCUT2D eigenvalue weighted by Gasteiger charge is -2.31. The van der Waals surface area contributed by atoms with Gasteiger partial charge in [0.05, 0.1) is 5.84 Å². The van der Waals surface area contributed by atoms with E-state index in [4.69, 9.17) is 11.1 Å². The maximum absolute atomic E-state index is 7.14. The van der Waals surface area contributed by atoms with Crippen molar-refractivity contribution in [1.29, 1.82) is 5.41 Å². The third-order valence-corrected chi connectivity index (χ3v) is 2.72. The van der Waals surface area contributed by atoms with Crippen LogP contribution in [0.5, 0.6) is 0 Å². The van der Waals surface area contributed by atoms with Crippen LogP contribution in [-0.2, 0) is 0 Å². The summed E-state index contributed by atoms with van der Waals surface area (Å²) < 4.78 is 0. The Labute approximate surface area is 74.4 Å². The molecule has 12 heavy (non-hydrogen) atoms. The van der Waals surface area contributed by atoms with E-state index in [-0.39, 0.29) is 0 Å². The Morgan fingerprint density at radius 2 is 2.25 bits per heavy atom. The van der Waals surface area contributed by atoms with Crippen molar-refractivity contribution in [1.82, 2.24) is 4.90 Å². The zero-order valence-corrected chi connectivity index (χ0v) is 8.06. The molecule has 1 aliphatic heterocycles. The number of likely N-dealkylation sites (tertiary alicyclic amines) is 1. The Morgan fingerprint density at radius 3 is 2.67 bits per heavy atom. The molecule has 0 spiro atoms. The zero-order chi connectivity index (χ0) is 9.19. The molecule has 1 aliphatic rings. The molecule has 3 heteroatoms. The van der Waals surface area contributed by atoms with Crippen LogP contribution in [0.1, 0.15) is 33.1 Å². The molecule has 0 unspecified atom stereocenters. The zero-order valence-electron chi connectivity index (χ0n) is 8.06. The fourth-order valence-electron chi connectivity index (χ4n) is 1.83. The van der Waals surface area contributed by atoms with E-state index < -0.39 is 0 Å². The second-order valence-electron chi connectivity index (χ2n) is 4.18. The molecule has 1 heterocycles. The highest BCUT2D eigenvalue weighted by Crippen LogP contribution is 2.27. The van der Waals surface area contributed by atoms with Gasteiger partial charge in [-0.15, -0.1) is 0 Å². The van der Waals surface area contributed by atoms with Crippen LogP contribution in [0.4, 0.5) is 0 Å². The molecule has 0 saturated carbocycles. The molecule has 0 aromatic rings. The molecule has 0 aromatic carbocycles. The number of nitrogens with one attached hydrogen (secondary N) is 1. The first-order valence-corrected chi connectivity index (χ1v) is 4.60. The fraction of sp³-hybridized carbons (Fsp3) is 0.889. The van der Waals surface area contributed by atoms with Crippen molar-refractivity contribution in [3.05, 3.63) is 0 Å². The van der Waals surface area contributed by atoms with E-state index in [2.05, 4.69) is 18.7 Å². The van der Waals surface area contributed by atoms with E-state index in [1.54, 1.807) is 0 Å². The lowest BCUT2D eigenvalue weighted by molar-refractivity contribution is 0.180. The first-order chi connectivity index (χ1) is 5.52. The summed E-state index contributed by atoms with van der Waals surface area (Å²) in [5.41, 5.74) is 5.64. The number of hydrogen-bond donors (Lipinski definition) is 2. The van der Waals surface area contributed by atoms with Crippen molar-refractivity contribution in [3.63, 3.8) is 0 Å². The predicted molar refractivity (Wildman–Crippen MR) is 51.4 cm³/mol. The lowest BCUT2D eigenvalue weighted by atomic mass is 10.0. The third-order valence-electron chi connectivity index (χ3n) is 2.72. The summed E-state index contributed by atoms with van der Waals surface area (Å²) in [7, 11) is 0. The number of nitrogens with two attached hydrogens (primary N) is 1. The summed E-state index contributed by atoms with van der Waals surface area (Å²) in [6.45, 7) is 6.64. The molecule has 0 aromatic heterocycles. The molecule has 70 valence electrons. The number of nitrogens with zero attached hydrogens (tertiary/aromatic N) is 1. The molecule has 3 N–H and O–H groups in total. The molecule has 0 radical (unpaired) electrons. The van der Waals surface area contributed by atoms with Gasteiger partial charge in [-0.25, -0.2) is 0 Å². The average Bonchev–Trinajstić information content (AvgIpc) is 2.25. The Bertz CT molecular complexity index is 175. The van der Waals surface area contributed by atoms with E-state index >= 15 is 0 Å². The maximum atomic E-state index is 7.14. The van der Waals surface area contributed by atoms with Gasteiger partial charge in [0, 0.05) is 18.5 Å². The quantitative estimate of drug-likeness (QED) is 0.492. The minimum absolute atomic E-state index is 0.303. The highest BCUT2D eigenvalue weighted by atomic mass is 15.2. The van der Waals surface area contributed by atoms with Gasteiger partial charge in [-0.2, -0.15) is 0 Å². The van der Waals surface area contributed by atoms with E-state index in [1.165, 1.54) is 19.4 Å². The normalized spacial score (nSPS) is 22.8. The topological polar surface area (TPSA) is 53.1 Å². The molecule has 1 rings (SSSR count). The number of amidine groups is 1. The second kappa shape index (κ2) is 3.44. The number of hydrogen-bond acceptors (Lipinski definition) is 2. The van der Waals surface area contributed by atoms with Gasteiger partial charge in [-0.05, 0) is 33.2 Å². The van der Waals surface area contributed by atoms with E-state index in [1.807, 2.05) is 0 Å². The van der Waals surface area contributed by atoms with Gasteiger partial charge in [0.1, 0.15) is 0 Å². The van der Waals surface area contributed by atoms with Crippen LogP contribution >= 0.6 is 0 Å². The average molecular weight is 169 g/mol. The van der Waals surface area contributed by atoms with Crippen molar-refractivity contribution in [2.24, 2.45) is 5.73 Å². The SMILES string of the molecule is CC1(C)CCCN1CCC(=N)N. The summed E-state index contributed by atoms with van der Waals surface area (Å²) in [6.07, 6.45) is 3.26. The van der Waals surface area contributed by atoms with Gasteiger partial charge in [0.2, 0.25) is 0 Å². The van der Waals surface area contributed by atoms with Crippen LogP contribution in [0.3, 0.4) is 0 Å². The maximum Gasteiger partial charge on any atom is 0.0918 e. The van der Waals surface area contributed by atoms with Crippen molar-refractivity contribution >= 4 is 5.84 Å². The summed E-state index contributed by atoms with van der Waals surface area (Å²) in [5.74, 6) is 0.303. The summed E-state index contributed by atoms with van der Waals surface area (Å²) in [6, 6.07) is 0. The van der Waals surface area contributed by atoms with Crippen molar-refractivity contribution < 1.29 is 0 Å². The standard InChI is InChI=1S/C9H19N3/c1-9(2)5-3-6-12(9)7-4-8(10)11/h3-7H2,1-2H3,(H3,10,11). The van der Waals surface area contributed by atoms with E-state index in [0.29, 0.717) is 17.8 Å². The summed E-state index contributed by atoms with van der Waals surface area (Å²) >= 11 is 0. The predicted octanol–water partition coefficient (Wildman–Crippen LogP) is 1.19. The lowest BCUT2D eigenvalue weighted by Crippen LogP contribution is -2.39. The Hall–Kier alpha value is -0.570. The van der Waals surface area contributed by atoms with Gasteiger partial charge in [-0.3, -0.25) is 10.3 Å². The Morgan fingerprint density at radius 1 is 1.58 bits per heavy atom. The van der Waals surface area contributed by atoms with Gasteiger partial charge >= 0.3 is 0 Å². The monoisotopic (exact) mass is 169 g/mol. The highest BCUT2D eigenvalue weighted by Gasteiger charge is 2.30. The minimum Gasteiger partial charge on any atom is -0.388 e. The van der Waals surface area contributed by atoms with Crippen molar-refractivity contribution in [2.75, 3.05) is 13.1 Å². The second-order valence-corrected chi connectivity index (χ2v) is 4.18. The van der Waals surface area contributed by atoms with Gasteiger partial charge < -0.3 is 5.73 Å². The fourth-order valence-corrected chi connectivity index (χ4v) is 1.83. The van der Waals surface area contributed by atoms with Crippen molar-refractivity contribution in [2.45, 2.75) is 38.6 Å². The molecule has 1 saturated heterocycles. The largest absolute Gasteiger partial charge is 0.388 e. The molecule has 1 fully saturated rings. The van der Waals surface area contributed by atoms with Gasteiger partial charge in [0.25, 0.3) is 0 Å². The molecule has 0 atom stereocenters. The smallest absolute Gasteiger partial charge is 0.0918 e. The first-order valence-electron chi connectivity index (χ1n) is 4.60. The van der Waals surface area contributed by atoms with Crippen LogP contribution in [0, 0.1) is 5.41 Å². The Balaban J connectivity index is 2.36. The van der Waals surface area contributed by atoms with Gasteiger partial charge in [-0.1, -0.05) is 0 Å². The number of rotatable bonds is 3. The van der Waals surface area contributed by atoms with Crippen molar-refractivity contribution in [3.8, 4) is 0 Å². The van der Waals surface area contributed by atoms with Crippen LogP contribution in [0.15, 0.2) is 0 Å². The molecule has 0 aliphatic carbocycles. The first kappa shape index (κ1) is 9.52. The van der Waals surface area contributed by atoms with E-state index in [0.717, 1.165) is 6.54 Å². The van der Waals surface area contributed by atoms with Crippen LogP contribution in [0.2, 0.25) is 0 Å². The van der Waals surface area contributed by atoms with Crippen LogP contribution in [0.25, 0.3) is 0 Å². The minimum atomic E-state index is 0.303. The molecular weight excluding hydrogens is 150 g/mol. The Kier molecular flexibility index (Phi) is 2.73. The van der Waals surface area contributed by atoms with Crippen LogP contribution in [-0.4, -0.2) is 29.4 Å². The summed E-state index contributed by atoms with van der Waals surface area (Å²) in [4.78, 5) is 2.43. The van der Waals surface area contributed by atoms with E-state index in [9.17, 15) is 0 Å². The highest BCUT2D eigenvalue weighted by molar-refractivity contribution is 5.76. The van der Waals surface area contributed by atoms with Crippen LogP contribution < -0.4 is 5.73 Å².